The number of ether oxygens (including phenoxy) is 1. The average molecular weight is 240 g/mol. The lowest BCUT2D eigenvalue weighted by Gasteiger charge is -2.25. The SMILES string of the molecule is CCN(CC(N)C(=O)OC)c1ccccc1F. The van der Waals surface area contributed by atoms with Gasteiger partial charge in [0, 0.05) is 13.1 Å². The molecular weight excluding hydrogens is 223 g/mol. The number of methoxy groups -OCH3 is 1. The summed E-state index contributed by atoms with van der Waals surface area (Å²) in [5.41, 5.74) is 6.09. The van der Waals surface area contributed by atoms with Crippen molar-refractivity contribution in [3.05, 3.63) is 30.1 Å². The second-order valence-corrected chi connectivity index (χ2v) is 3.62. The largest absolute Gasteiger partial charge is 0.468 e. The Morgan fingerprint density at radius 3 is 2.71 bits per heavy atom. The van der Waals surface area contributed by atoms with Crippen molar-refractivity contribution in [3.63, 3.8) is 0 Å². The van der Waals surface area contributed by atoms with E-state index in [2.05, 4.69) is 4.74 Å². The number of nitrogens with zero attached hydrogens (tertiary/aromatic N) is 1. The number of hydrogen-bond acceptors (Lipinski definition) is 4. The maximum absolute atomic E-state index is 13.6. The lowest BCUT2D eigenvalue weighted by atomic mass is 10.2. The molecule has 0 saturated carbocycles. The maximum Gasteiger partial charge on any atom is 0.324 e. The maximum atomic E-state index is 13.6. The molecule has 0 amide bonds. The number of nitrogens with two attached hydrogens (primary N) is 1. The fourth-order valence-electron chi connectivity index (χ4n) is 1.57. The molecule has 0 fully saturated rings. The topological polar surface area (TPSA) is 55.6 Å². The van der Waals surface area contributed by atoms with E-state index in [9.17, 15) is 9.18 Å². The number of rotatable bonds is 5. The molecule has 17 heavy (non-hydrogen) atoms. The molecule has 0 spiro atoms. The van der Waals surface area contributed by atoms with E-state index < -0.39 is 12.0 Å². The van der Waals surface area contributed by atoms with Crippen LogP contribution in [0.4, 0.5) is 10.1 Å². The zero-order valence-corrected chi connectivity index (χ0v) is 10.0. The molecule has 1 rings (SSSR count). The predicted molar refractivity (Wildman–Crippen MR) is 64.3 cm³/mol. The lowest BCUT2D eigenvalue weighted by Crippen LogP contribution is -2.43. The zero-order chi connectivity index (χ0) is 12.8. The summed E-state index contributed by atoms with van der Waals surface area (Å²) in [6.07, 6.45) is 0. The Morgan fingerprint density at radius 2 is 2.18 bits per heavy atom. The number of anilines is 1. The van der Waals surface area contributed by atoms with Gasteiger partial charge in [-0.1, -0.05) is 12.1 Å². The van der Waals surface area contributed by atoms with Gasteiger partial charge in [-0.25, -0.2) is 4.39 Å². The van der Waals surface area contributed by atoms with Crippen LogP contribution in [0.25, 0.3) is 0 Å². The number of hydrogen-bond donors (Lipinski definition) is 1. The van der Waals surface area contributed by atoms with Crippen LogP contribution < -0.4 is 10.6 Å². The van der Waals surface area contributed by atoms with Gasteiger partial charge in [0.15, 0.2) is 0 Å². The third-order valence-electron chi connectivity index (χ3n) is 2.50. The Balaban J connectivity index is 2.79. The van der Waals surface area contributed by atoms with Crippen LogP contribution in [0.5, 0.6) is 0 Å². The normalized spacial score (nSPS) is 12.0. The van der Waals surface area contributed by atoms with Gasteiger partial charge in [0.05, 0.1) is 12.8 Å². The van der Waals surface area contributed by atoms with E-state index in [-0.39, 0.29) is 12.4 Å². The number of carbonyl (C=O) groups is 1. The van der Waals surface area contributed by atoms with Crippen molar-refractivity contribution in [1.82, 2.24) is 0 Å². The van der Waals surface area contributed by atoms with Crippen molar-refractivity contribution < 1.29 is 13.9 Å². The molecule has 0 heterocycles. The summed E-state index contributed by atoms with van der Waals surface area (Å²) in [6.45, 7) is 2.66. The Bertz CT molecular complexity index is 385. The van der Waals surface area contributed by atoms with Crippen molar-refractivity contribution in [2.75, 3.05) is 25.1 Å². The number of likely N-dealkylation sites (N-methyl/N-ethyl adjacent to an activating group) is 1. The first-order chi connectivity index (χ1) is 8.10. The standard InChI is InChI=1S/C12H17FN2O2/c1-3-15(8-10(14)12(16)17-2)11-7-5-4-6-9(11)13/h4-7,10H,3,8,14H2,1-2H3. The quantitative estimate of drug-likeness (QED) is 0.784. The number of halogens is 1. The van der Waals surface area contributed by atoms with Gasteiger partial charge in [0.2, 0.25) is 0 Å². The van der Waals surface area contributed by atoms with E-state index >= 15 is 0 Å². The molecule has 1 aromatic rings. The number of para-hydroxylation sites is 1. The van der Waals surface area contributed by atoms with Crippen LogP contribution in [-0.2, 0) is 9.53 Å². The Hall–Kier alpha value is -1.62. The van der Waals surface area contributed by atoms with E-state index in [1.165, 1.54) is 13.2 Å². The molecular formula is C12H17FN2O2. The predicted octanol–water partition coefficient (Wildman–Crippen LogP) is 1.15. The molecule has 0 aliphatic rings. The number of benzene rings is 1. The van der Waals surface area contributed by atoms with Crippen LogP contribution in [-0.4, -0.2) is 32.2 Å². The second kappa shape index (κ2) is 6.20. The van der Waals surface area contributed by atoms with Gasteiger partial charge in [-0.05, 0) is 19.1 Å². The molecule has 0 aliphatic heterocycles. The van der Waals surface area contributed by atoms with Crippen LogP contribution in [0.3, 0.4) is 0 Å². The molecule has 1 unspecified atom stereocenters. The molecule has 0 radical (unpaired) electrons. The van der Waals surface area contributed by atoms with Crippen LogP contribution in [0, 0.1) is 5.82 Å². The van der Waals surface area contributed by atoms with Gasteiger partial charge in [0.25, 0.3) is 0 Å². The smallest absolute Gasteiger partial charge is 0.324 e. The van der Waals surface area contributed by atoms with Gasteiger partial charge in [-0.2, -0.15) is 0 Å². The highest BCUT2D eigenvalue weighted by atomic mass is 19.1. The average Bonchev–Trinajstić information content (AvgIpc) is 2.35. The molecule has 0 bridgehead atoms. The van der Waals surface area contributed by atoms with Crippen molar-refractivity contribution in [2.45, 2.75) is 13.0 Å². The van der Waals surface area contributed by atoms with Gasteiger partial charge in [-0.15, -0.1) is 0 Å². The van der Waals surface area contributed by atoms with Crippen molar-refractivity contribution in [2.24, 2.45) is 5.73 Å². The van der Waals surface area contributed by atoms with Crippen LogP contribution in [0.2, 0.25) is 0 Å². The van der Waals surface area contributed by atoms with Gasteiger partial charge >= 0.3 is 5.97 Å². The highest BCUT2D eigenvalue weighted by molar-refractivity contribution is 5.76. The van der Waals surface area contributed by atoms with E-state index in [4.69, 9.17) is 5.73 Å². The molecule has 5 heteroatoms. The lowest BCUT2D eigenvalue weighted by molar-refractivity contribution is -0.141. The number of esters is 1. The third kappa shape index (κ3) is 3.42. The monoisotopic (exact) mass is 240 g/mol. The number of carbonyl (C=O) groups excluding carboxylic acids is 1. The summed E-state index contributed by atoms with van der Waals surface area (Å²) < 4.78 is 18.1. The summed E-state index contributed by atoms with van der Waals surface area (Å²) in [5, 5.41) is 0. The minimum absolute atomic E-state index is 0.226. The Morgan fingerprint density at radius 1 is 1.53 bits per heavy atom. The summed E-state index contributed by atoms with van der Waals surface area (Å²) in [6, 6.07) is 5.61. The summed E-state index contributed by atoms with van der Waals surface area (Å²) >= 11 is 0. The van der Waals surface area contributed by atoms with Crippen LogP contribution in [0.15, 0.2) is 24.3 Å². The van der Waals surface area contributed by atoms with E-state index in [1.54, 1.807) is 23.1 Å². The van der Waals surface area contributed by atoms with E-state index in [1.807, 2.05) is 6.92 Å². The molecule has 0 saturated heterocycles. The molecule has 0 aromatic heterocycles. The molecule has 94 valence electrons. The fourth-order valence-corrected chi connectivity index (χ4v) is 1.57. The van der Waals surface area contributed by atoms with Gasteiger partial charge < -0.3 is 15.4 Å². The minimum Gasteiger partial charge on any atom is -0.468 e. The van der Waals surface area contributed by atoms with Gasteiger partial charge in [-0.3, -0.25) is 4.79 Å². The minimum atomic E-state index is -0.778. The van der Waals surface area contributed by atoms with Crippen molar-refractivity contribution in [3.8, 4) is 0 Å². The van der Waals surface area contributed by atoms with Crippen molar-refractivity contribution >= 4 is 11.7 Å². The zero-order valence-electron chi connectivity index (χ0n) is 10.0. The Kier molecular flexibility index (Phi) is 4.90. The third-order valence-corrected chi connectivity index (χ3v) is 2.50. The van der Waals surface area contributed by atoms with E-state index in [0.717, 1.165) is 0 Å². The first-order valence-electron chi connectivity index (χ1n) is 5.43. The summed E-state index contributed by atoms with van der Waals surface area (Å²) in [4.78, 5) is 12.9. The van der Waals surface area contributed by atoms with Crippen LogP contribution >= 0.6 is 0 Å². The van der Waals surface area contributed by atoms with Crippen LogP contribution in [0.1, 0.15) is 6.92 Å². The molecule has 2 N–H and O–H groups in total. The highest BCUT2D eigenvalue weighted by Crippen LogP contribution is 2.18. The molecule has 1 atom stereocenters. The highest BCUT2D eigenvalue weighted by Gasteiger charge is 2.19. The second-order valence-electron chi connectivity index (χ2n) is 3.62. The summed E-state index contributed by atoms with van der Waals surface area (Å²) in [5.74, 6) is -0.828. The first-order valence-corrected chi connectivity index (χ1v) is 5.43. The van der Waals surface area contributed by atoms with Crippen molar-refractivity contribution in [1.29, 1.82) is 0 Å². The Labute approximate surface area is 100 Å². The molecule has 4 nitrogen and oxygen atoms in total. The molecule has 1 aromatic carbocycles. The van der Waals surface area contributed by atoms with E-state index in [0.29, 0.717) is 12.2 Å². The molecule has 0 aliphatic carbocycles. The summed E-state index contributed by atoms with van der Waals surface area (Å²) in [7, 11) is 1.28. The fraction of sp³-hybridized carbons (Fsp3) is 0.417. The van der Waals surface area contributed by atoms with Gasteiger partial charge in [0.1, 0.15) is 11.9 Å². The first kappa shape index (κ1) is 13.4.